The third kappa shape index (κ3) is 34.4. The van der Waals surface area contributed by atoms with Gasteiger partial charge in [0.05, 0.1) is 39.9 Å². The standard InChI is InChI=1S/C40H73N2O6P/c1-6-8-10-12-14-15-16-17-18-19-20-21-22-23-24-25-26-27-28-30-32-34-40(44)41-38(39(43)33-31-29-13-11-9-7-2)37-48-49(45,46)47-36-35-42(3,4)5/h8,10,14-15,17-18,20-21,31,33,38-39,43H,6-7,9,11-13,16,19,22-30,32,34-37H2,1-5H3,(H-,41,44,45,46)/b10-8-,15-14-,18-17-,21-20-,33-31+. The van der Waals surface area contributed by atoms with Crippen LogP contribution in [0.15, 0.2) is 60.8 Å². The molecule has 0 aliphatic carbocycles. The number of carbonyl (C=O) groups excluding carboxylic acids is 1. The van der Waals surface area contributed by atoms with Crippen LogP contribution in [0.2, 0.25) is 0 Å². The quantitative estimate of drug-likeness (QED) is 0.0305. The third-order valence-electron chi connectivity index (χ3n) is 7.98. The molecule has 0 aromatic carbocycles. The molecule has 0 spiro atoms. The summed E-state index contributed by atoms with van der Waals surface area (Å²) in [6.07, 6.45) is 40.1. The van der Waals surface area contributed by atoms with Crippen molar-refractivity contribution < 1.29 is 32.9 Å². The monoisotopic (exact) mass is 709 g/mol. The zero-order valence-corrected chi connectivity index (χ0v) is 32.8. The van der Waals surface area contributed by atoms with E-state index in [9.17, 15) is 19.4 Å². The Bertz CT molecular complexity index is 986. The van der Waals surface area contributed by atoms with Crippen LogP contribution < -0.4 is 10.2 Å². The highest BCUT2D eigenvalue weighted by atomic mass is 31.2. The van der Waals surface area contributed by atoms with Crippen LogP contribution >= 0.6 is 7.82 Å². The molecule has 3 atom stereocenters. The first kappa shape index (κ1) is 47.2. The number of amides is 1. The minimum atomic E-state index is -4.57. The molecular formula is C40H73N2O6P. The Morgan fingerprint density at radius 3 is 1.82 bits per heavy atom. The molecule has 49 heavy (non-hydrogen) atoms. The highest BCUT2D eigenvalue weighted by Crippen LogP contribution is 2.38. The summed E-state index contributed by atoms with van der Waals surface area (Å²) in [5.74, 6) is -0.216. The van der Waals surface area contributed by atoms with Crippen molar-refractivity contribution in [1.82, 2.24) is 5.32 Å². The molecule has 0 aliphatic heterocycles. The van der Waals surface area contributed by atoms with Gasteiger partial charge in [0.15, 0.2) is 0 Å². The smallest absolute Gasteiger partial charge is 0.268 e. The van der Waals surface area contributed by atoms with Crippen molar-refractivity contribution in [3.8, 4) is 0 Å². The number of nitrogens with zero attached hydrogens (tertiary/aromatic N) is 1. The fraction of sp³-hybridized carbons (Fsp3) is 0.725. The molecule has 0 bridgehead atoms. The Hall–Kier alpha value is -1.80. The van der Waals surface area contributed by atoms with Crippen molar-refractivity contribution in [1.29, 1.82) is 0 Å². The zero-order chi connectivity index (χ0) is 36.5. The van der Waals surface area contributed by atoms with E-state index >= 15 is 0 Å². The molecule has 2 N–H and O–H groups in total. The van der Waals surface area contributed by atoms with Gasteiger partial charge >= 0.3 is 0 Å². The van der Waals surface area contributed by atoms with Gasteiger partial charge in [0.25, 0.3) is 7.82 Å². The number of allylic oxidation sites excluding steroid dienone is 9. The van der Waals surface area contributed by atoms with Gasteiger partial charge in [0, 0.05) is 6.42 Å². The maximum atomic E-state index is 12.7. The summed E-state index contributed by atoms with van der Waals surface area (Å²) in [6.45, 7) is 4.41. The van der Waals surface area contributed by atoms with Crippen molar-refractivity contribution in [2.45, 2.75) is 148 Å². The first-order chi connectivity index (χ1) is 23.5. The number of hydrogen-bond acceptors (Lipinski definition) is 6. The summed E-state index contributed by atoms with van der Waals surface area (Å²) >= 11 is 0. The molecule has 0 heterocycles. The van der Waals surface area contributed by atoms with Crippen LogP contribution in [0.25, 0.3) is 0 Å². The summed E-state index contributed by atoms with van der Waals surface area (Å²) in [7, 11) is 1.24. The number of carbonyl (C=O) groups is 1. The van der Waals surface area contributed by atoms with Gasteiger partial charge in [0.1, 0.15) is 13.2 Å². The van der Waals surface area contributed by atoms with E-state index in [1.165, 1.54) is 32.1 Å². The van der Waals surface area contributed by atoms with E-state index in [2.05, 4.69) is 67.8 Å². The summed E-state index contributed by atoms with van der Waals surface area (Å²) < 4.78 is 23.0. The highest BCUT2D eigenvalue weighted by molar-refractivity contribution is 7.45. The van der Waals surface area contributed by atoms with Crippen molar-refractivity contribution >= 4 is 13.7 Å². The van der Waals surface area contributed by atoms with Gasteiger partial charge in [-0.3, -0.25) is 9.36 Å². The van der Waals surface area contributed by atoms with Crippen LogP contribution in [0.5, 0.6) is 0 Å². The van der Waals surface area contributed by atoms with Crippen molar-refractivity contribution in [3.05, 3.63) is 60.8 Å². The third-order valence-corrected chi connectivity index (χ3v) is 8.95. The number of aliphatic hydroxyl groups is 1. The Kier molecular flexibility index (Phi) is 31.0. The van der Waals surface area contributed by atoms with Gasteiger partial charge in [0.2, 0.25) is 5.91 Å². The number of aliphatic hydroxyl groups excluding tert-OH is 1. The fourth-order valence-electron chi connectivity index (χ4n) is 4.90. The van der Waals surface area contributed by atoms with E-state index in [0.717, 1.165) is 83.5 Å². The number of unbranched alkanes of at least 4 members (excludes halogenated alkanes) is 12. The van der Waals surface area contributed by atoms with Crippen LogP contribution in [-0.4, -0.2) is 68.5 Å². The topological polar surface area (TPSA) is 108 Å². The minimum Gasteiger partial charge on any atom is -0.756 e. The van der Waals surface area contributed by atoms with Crippen molar-refractivity contribution in [2.75, 3.05) is 40.9 Å². The van der Waals surface area contributed by atoms with Crippen molar-refractivity contribution in [2.24, 2.45) is 0 Å². The van der Waals surface area contributed by atoms with Gasteiger partial charge in [-0.1, -0.05) is 132 Å². The lowest BCUT2D eigenvalue weighted by atomic mass is 10.1. The lowest BCUT2D eigenvalue weighted by Crippen LogP contribution is -2.45. The van der Waals surface area contributed by atoms with E-state index < -0.39 is 20.0 Å². The van der Waals surface area contributed by atoms with Crippen LogP contribution in [0.1, 0.15) is 136 Å². The maximum Gasteiger partial charge on any atom is 0.268 e. The highest BCUT2D eigenvalue weighted by Gasteiger charge is 2.23. The number of likely N-dealkylation sites (N-methyl/N-ethyl adjacent to an activating group) is 1. The molecule has 0 saturated carbocycles. The number of phosphoric acid groups is 1. The summed E-state index contributed by atoms with van der Waals surface area (Å²) in [6, 6.07) is -0.889. The number of nitrogens with one attached hydrogen (secondary N) is 1. The number of hydrogen-bond donors (Lipinski definition) is 2. The molecule has 0 radical (unpaired) electrons. The zero-order valence-electron chi connectivity index (χ0n) is 31.9. The average molecular weight is 709 g/mol. The molecule has 0 rings (SSSR count). The maximum absolute atomic E-state index is 12.7. The summed E-state index contributed by atoms with van der Waals surface area (Å²) in [5.41, 5.74) is 0. The largest absolute Gasteiger partial charge is 0.756 e. The van der Waals surface area contributed by atoms with Gasteiger partial charge < -0.3 is 28.8 Å². The first-order valence-electron chi connectivity index (χ1n) is 19.2. The average Bonchev–Trinajstić information content (AvgIpc) is 3.04. The van der Waals surface area contributed by atoms with Crippen LogP contribution in [0, 0.1) is 0 Å². The van der Waals surface area contributed by atoms with E-state index in [1.807, 2.05) is 27.2 Å². The van der Waals surface area contributed by atoms with Gasteiger partial charge in [-0.2, -0.15) is 0 Å². The molecular weight excluding hydrogens is 635 g/mol. The second-order valence-corrected chi connectivity index (χ2v) is 15.3. The number of rotatable bonds is 33. The lowest BCUT2D eigenvalue weighted by molar-refractivity contribution is -0.870. The van der Waals surface area contributed by atoms with Gasteiger partial charge in [-0.05, 0) is 57.8 Å². The molecule has 0 aliphatic rings. The predicted molar refractivity (Wildman–Crippen MR) is 205 cm³/mol. The van der Waals surface area contributed by atoms with E-state index in [0.29, 0.717) is 17.4 Å². The molecule has 8 nitrogen and oxygen atoms in total. The molecule has 9 heteroatoms. The predicted octanol–water partition coefficient (Wildman–Crippen LogP) is 9.27. The van der Waals surface area contributed by atoms with Gasteiger partial charge in [-0.25, -0.2) is 0 Å². The normalized spacial score (nSPS) is 15.3. The Morgan fingerprint density at radius 1 is 0.735 bits per heavy atom. The second kappa shape index (κ2) is 32.1. The SMILES string of the molecule is CC/C=C\C/C=C\C/C=C\C/C=C\CCCCCCCCCCC(=O)NC(COP(=O)([O-])OCC[N+](C)(C)C)C(O)/C=C/CCCCCC. The van der Waals surface area contributed by atoms with E-state index in [1.54, 1.807) is 6.08 Å². The van der Waals surface area contributed by atoms with E-state index in [-0.39, 0.29) is 19.1 Å². The summed E-state index contributed by atoms with van der Waals surface area (Å²) in [5, 5.41) is 13.6. The van der Waals surface area contributed by atoms with Crippen molar-refractivity contribution in [3.63, 3.8) is 0 Å². The Labute approximate surface area is 301 Å². The van der Waals surface area contributed by atoms with E-state index in [4.69, 9.17) is 9.05 Å². The molecule has 0 fully saturated rings. The van der Waals surface area contributed by atoms with Gasteiger partial charge in [-0.15, -0.1) is 0 Å². The van der Waals surface area contributed by atoms with Crippen LogP contribution in [0.4, 0.5) is 0 Å². The minimum absolute atomic E-state index is 0.00640. The lowest BCUT2D eigenvalue weighted by Gasteiger charge is -2.29. The molecule has 1 amide bonds. The second-order valence-electron chi connectivity index (χ2n) is 13.9. The van der Waals surface area contributed by atoms with Crippen LogP contribution in [0.3, 0.4) is 0 Å². The first-order valence-corrected chi connectivity index (χ1v) is 20.6. The molecule has 0 aromatic heterocycles. The number of phosphoric ester groups is 1. The number of quaternary nitrogens is 1. The Balaban J connectivity index is 4.27. The van der Waals surface area contributed by atoms with Crippen LogP contribution in [-0.2, 0) is 18.4 Å². The molecule has 284 valence electrons. The summed E-state index contributed by atoms with van der Waals surface area (Å²) in [4.78, 5) is 25.0. The molecule has 0 saturated heterocycles. The molecule has 3 unspecified atom stereocenters. The fourth-order valence-corrected chi connectivity index (χ4v) is 5.63. The Morgan fingerprint density at radius 2 is 1.24 bits per heavy atom. The molecule has 0 aromatic rings.